The van der Waals surface area contributed by atoms with Crippen LogP contribution in [-0.2, 0) is 4.74 Å². The molecule has 0 fully saturated rings. The van der Waals surface area contributed by atoms with E-state index in [-0.39, 0.29) is 23.1 Å². The summed E-state index contributed by atoms with van der Waals surface area (Å²) in [5.41, 5.74) is 3.79. The molecule has 38 heavy (non-hydrogen) atoms. The summed E-state index contributed by atoms with van der Waals surface area (Å²) >= 11 is 1.07. The van der Waals surface area contributed by atoms with Crippen LogP contribution >= 0.6 is 11.3 Å². The second-order valence-electron chi connectivity index (χ2n) is 8.97. The van der Waals surface area contributed by atoms with Gasteiger partial charge in [-0.2, -0.15) is 5.10 Å². The summed E-state index contributed by atoms with van der Waals surface area (Å²) in [5.74, 6) is -1.26. The molecule has 1 N–H and O–H groups in total. The normalized spacial score (nSPS) is 10.8. The third kappa shape index (κ3) is 5.24. The summed E-state index contributed by atoms with van der Waals surface area (Å²) < 4.78 is 7.12. The van der Waals surface area contributed by atoms with Gasteiger partial charge >= 0.3 is 5.97 Å². The van der Waals surface area contributed by atoms with E-state index in [0.29, 0.717) is 33.8 Å². The largest absolute Gasteiger partial charge is 0.462 e. The van der Waals surface area contributed by atoms with E-state index in [4.69, 9.17) is 9.84 Å². The zero-order valence-corrected chi connectivity index (χ0v) is 22.9. The Balaban J connectivity index is 1.82. The quantitative estimate of drug-likeness (QED) is 0.293. The Morgan fingerprint density at radius 2 is 1.61 bits per heavy atom. The van der Waals surface area contributed by atoms with Gasteiger partial charge in [-0.1, -0.05) is 55.5 Å². The molecule has 0 spiro atoms. The van der Waals surface area contributed by atoms with Gasteiger partial charge in [0.15, 0.2) is 0 Å². The molecule has 0 radical (unpaired) electrons. The van der Waals surface area contributed by atoms with Crippen LogP contribution in [0.1, 0.15) is 55.0 Å². The smallest absolute Gasteiger partial charge is 0.341 e. The van der Waals surface area contributed by atoms with Crippen LogP contribution in [0.3, 0.4) is 0 Å². The average molecular weight is 531 g/mol. The van der Waals surface area contributed by atoms with Gasteiger partial charge < -0.3 is 15.0 Å². The zero-order chi connectivity index (χ0) is 27.4. The van der Waals surface area contributed by atoms with Crippen molar-refractivity contribution in [3.05, 3.63) is 87.9 Å². The van der Waals surface area contributed by atoms with Crippen LogP contribution in [0.25, 0.3) is 16.9 Å². The van der Waals surface area contributed by atoms with Crippen molar-refractivity contribution in [1.82, 2.24) is 14.7 Å². The van der Waals surface area contributed by atoms with Gasteiger partial charge in [-0.05, 0) is 38.0 Å². The molecule has 4 rings (SSSR count). The fourth-order valence-corrected chi connectivity index (χ4v) is 5.29. The molecule has 9 heteroatoms. The van der Waals surface area contributed by atoms with Crippen LogP contribution < -0.4 is 5.32 Å². The number of carbonyl (C=O) groups excluding carboxylic acids is 3. The number of rotatable bonds is 8. The van der Waals surface area contributed by atoms with Crippen LogP contribution in [0.15, 0.2) is 60.7 Å². The second-order valence-corrected chi connectivity index (χ2v) is 9.99. The number of anilines is 1. The maximum atomic E-state index is 13.9. The molecular formula is C29H30N4O4S. The predicted octanol–water partition coefficient (Wildman–Crippen LogP) is 5.74. The highest BCUT2D eigenvalue weighted by atomic mass is 32.1. The Labute approximate surface area is 225 Å². The third-order valence-corrected chi connectivity index (χ3v) is 7.20. The van der Waals surface area contributed by atoms with E-state index in [0.717, 1.165) is 22.6 Å². The number of benzene rings is 2. The summed E-state index contributed by atoms with van der Waals surface area (Å²) in [4.78, 5) is 41.5. The lowest BCUT2D eigenvalue weighted by Gasteiger charge is -2.09. The van der Waals surface area contributed by atoms with E-state index in [1.165, 1.54) is 4.90 Å². The first-order valence-electron chi connectivity index (χ1n) is 12.3. The molecular weight excluding hydrogens is 500 g/mol. The Kier molecular flexibility index (Phi) is 8.07. The maximum absolute atomic E-state index is 13.9. The van der Waals surface area contributed by atoms with E-state index in [1.54, 1.807) is 25.7 Å². The van der Waals surface area contributed by atoms with Gasteiger partial charge in [0.1, 0.15) is 10.7 Å². The first kappa shape index (κ1) is 26.8. The van der Waals surface area contributed by atoms with E-state index >= 15 is 0 Å². The van der Waals surface area contributed by atoms with Gasteiger partial charge in [0.05, 0.1) is 34.0 Å². The van der Waals surface area contributed by atoms with Crippen molar-refractivity contribution in [3.63, 3.8) is 0 Å². The third-order valence-electron chi connectivity index (χ3n) is 6.01. The Morgan fingerprint density at radius 3 is 2.21 bits per heavy atom. The number of para-hydroxylation sites is 1. The average Bonchev–Trinajstić information content (AvgIpc) is 3.44. The highest BCUT2D eigenvalue weighted by Gasteiger charge is 2.30. The highest BCUT2D eigenvalue weighted by Crippen LogP contribution is 2.36. The fourth-order valence-electron chi connectivity index (χ4n) is 4.08. The SMILES string of the molecule is CCCOC(=O)c1c(NC(=O)c2c(-c3ccccc3)nn(-c3ccccc3)c2C)sc(C(=O)N(C)C)c1C. The van der Waals surface area contributed by atoms with Crippen molar-refractivity contribution >= 4 is 34.1 Å². The first-order chi connectivity index (χ1) is 18.2. The van der Waals surface area contributed by atoms with Gasteiger partial charge in [-0.15, -0.1) is 11.3 Å². The minimum Gasteiger partial charge on any atom is -0.462 e. The number of thiophene rings is 1. The molecule has 0 bridgehead atoms. The van der Waals surface area contributed by atoms with Crippen molar-refractivity contribution in [2.45, 2.75) is 27.2 Å². The molecule has 0 aliphatic rings. The summed E-state index contributed by atoms with van der Waals surface area (Å²) in [6, 6.07) is 19.0. The molecule has 2 aromatic heterocycles. The van der Waals surface area contributed by atoms with E-state index in [9.17, 15) is 14.4 Å². The zero-order valence-electron chi connectivity index (χ0n) is 22.1. The number of amides is 2. The van der Waals surface area contributed by atoms with Gasteiger partial charge in [0.2, 0.25) is 0 Å². The second kappa shape index (κ2) is 11.4. The predicted molar refractivity (Wildman–Crippen MR) is 149 cm³/mol. The van der Waals surface area contributed by atoms with Crippen molar-refractivity contribution in [2.75, 3.05) is 26.0 Å². The molecule has 0 saturated carbocycles. The number of nitrogens with one attached hydrogen (secondary N) is 1. The Hall–Kier alpha value is -4.24. The summed E-state index contributed by atoms with van der Waals surface area (Å²) in [6.45, 7) is 5.66. The summed E-state index contributed by atoms with van der Waals surface area (Å²) in [6.07, 6.45) is 0.651. The van der Waals surface area contributed by atoms with E-state index in [2.05, 4.69) is 5.32 Å². The molecule has 196 valence electrons. The number of esters is 1. The van der Waals surface area contributed by atoms with E-state index < -0.39 is 11.9 Å². The standard InChI is InChI=1S/C29H30N4O4S/c1-6-17-37-29(36)22-18(2)25(28(35)32(4)5)38-27(22)30-26(34)23-19(3)33(21-15-11-8-12-16-21)31-24(23)20-13-9-7-10-14-20/h7-16H,6,17H2,1-5H3,(H,30,34). The number of ether oxygens (including phenoxy) is 1. The van der Waals surface area contributed by atoms with Crippen LogP contribution in [-0.4, -0.2) is 53.2 Å². The van der Waals surface area contributed by atoms with Gasteiger partial charge in [0.25, 0.3) is 11.8 Å². The monoisotopic (exact) mass is 530 g/mol. The topological polar surface area (TPSA) is 93.5 Å². The molecule has 2 heterocycles. The molecule has 0 unspecified atom stereocenters. The molecule has 8 nitrogen and oxygen atoms in total. The number of carbonyl (C=O) groups is 3. The molecule has 0 aliphatic heterocycles. The molecule has 2 aromatic carbocycles. The Morgan fingerprint density at radius 1 is 0.974 bits per heavy atom. The van der Waals surface area contributed by atoms with Crippen LogP contribution in [0.5, 0.6) is 0 Å². The number of hydrogen-bond donors (Lipinski definition) is 1. The van der Waals surface area contributed by atoms with Gasteiger partial charge in [0, 0.05) is 19.7 Å². The van der Waals surface area contributed by atoms with Crippen molar-refractivity contribution in [1.29, 1.82) is 0 Å². The Bertz CT molecular complexity index is 1470. The van der Waals surface area contributed by atoms with E-state index in [1.807, 2.05) is 74.5 Å². The number of aromatic nitrogens is 2. The fraction of sp³-hybridized carbons (Fsp3) is 0.241. The molecule has 0 saturated heterocycles. The molecule has 0 aliphatic carbocycles. The van der Waals surface area contributed by atoms with Crippen LogP contribution in [0, 0.1) is 13.8 Å². The number of nitrogens with zero attached hydrogens (tertiary/aromatic N) is 3. The lowest BCUT2D eigenvalue weighted by Crippen LogP contribution is -2.21. The lowest BCUT2D eigenvalue weighted by atomic mass is 10.1. The van der Waals surface area contributed by atoms with Crippen LogP contribution in [0.2, 0.25) is 0 Å². The number of hydrogen-bond acceptors (Lipinski definition) is 6. The van der Waals surface area contributed by atoms with Crippen molar-refractivity contribution in [3.8, 4) is 16.9 Å². The molecule has 2 amide bonds. The highest BCUT2D eigenvalue weighted by molar-refractivity contribution is 7.18. The van der Waals surface area contributed by atoms with Gasteiger partial charge in [-0.3, -0.25) is 9.59 Å². The molecule has 0 atom stereocenters. The lowest BCUT2D eigenvalue weighted by molar-refractivity contribution is 0.0506. The first-order valence-corrected chi connectivity index (χ1v) is 13.1. The van der Waals surface area contributed by atoms with Crippen LogP contribution in [0.4, 0.5) is 5.00 Å². The molecule has 4 aromatic rings. The summed E-state index contributed by atoms with van der Waals surface area (Å²) in [5, 5.41) is 7.97. The minimum absolute atomic E-state index is 0.191. The summed E-state index contributed by atoms with van der Waals surface area (Å²) in [7, 11) is 3.28. The maximum Gasteiger partial charge on any atom is 0.341 e. The van der Waals surface area contributed by atoms with Gasteiger partial charge in [-0.25, -0.2) is 9.48 Å². The van der Waals surface area contributed by atoms with Crippen molar-refractivity contribution < 1.29 is 19.1 Å². The minimum atomic E-state index is -0.575. The van der Waals surface area contributed by atoms with Crippen molar-refractivity contribution in [2.24, 2.45) is 0 Å².